The SMILES string of the molecule is N#Cc1cc[c]c2ccsc12. The van der Waals surface area contributed by atoms with Crippen LogP contribution >= 0.6 is 11.3 Å². The molecule has 0 atom stereocenters. The molecular formula is C9H4NS. The van der Waals surface area contributed by atoms with Crippen LogP contribution in [0.25, 0.3) is 10.1 Å². The van der Waals surface area contributed by atoms with Gasteiger partial charge in [0.25, 0.3) is 0 Å². The van der Waals surface area contributed by atoms with Crippen LogP contribution < -0.4 is 0 Å². The van der Waals surface area contributed by atoms with Gasteiger partial charge in [-0.05, 0) is 23.6 Å². The lowest BCUT2D eigenvalue weighted by molar-refractivity contribution is 1.51. The predicted octanol–water partition coefficient (Wildman–Crippen LogP) is 2.57. The highest BCUT2D eigenvalue weighted by atomic mass is 32.1. The first-order chi connectivity index (χ1) is 5.42. The molecule has 11 heavy (non-hydrogen) atoms. The molecule has 2 aromatic rings. The van der Waals surface area contributed by atoms with Crippen molar-refractivity contribution in [2.75, 3.05) is 0 Å². The zero-order valence-electron chi connectivity index (χ0n) is 5.66. The monoisotopic (exact) mass is 158 g/mol. The molecule has 0 spiro atoms. The van der Waals surface area contributed by atoms with E-state index in [0.717, 1.165) is 15.6 Å². The molecule has 51 valence electrons. The molecular weight excluding hydrogens is 154 g/mol. The number of hydrogen-bond donors (Lipinski definition) is 0. The Hall–Kier alpha value is -1.33. The van der Waals surface area contributed by atoms with Gasteiger partial charge in [0.1, 0.15) is 6.07 Å². The highest BCUT2D eigenvalue weighted by Crippen LogP contribution is 2.23. The molecule has 0 aliphatic carbocycles. The van der Waals surface area contributed by atoms with Crippen LogP contribution in [0, 0.1) is 17.4 Å². The van der Waals surface area contributed by atoms with Gasteiger partial charge in [-0.15, -0.1) is 11.3 Å². The second-order valence-electron chi connectivity index (χ2n) is 2.17. The molecule has 0 fully saturated rings. The Kier molecular flexibility index (Phi) is 1.38. The Morgan fingerprint density at radius 3 is 3.18 bits per heavy atom. The molecule has 1 radical (unpaired) electrons. The molecule has 1 aromatic heterocycles. The standard InChI is InChI=1S/C9H4NS/c10-6-8-3-1-2-7-4-5-11-9(7)8/h1,3-5H. The summed E-state index contributed by atoms with van der Waals surface area (Å²) >= 11 is 1.58. The second-order valence-corrected chi connectivity index (χ2v) is 3.08. The van der Waals surface area contributed by atoms with Crippen LogP contribution in [0.5, 0.6) is 0 Å². The Morgan fingerprint density at radius 2 is 2.36 bits per heavy atom. The summed E-state index contributed by atoms with van der Waals surface area (Å²) < 4.78 is 1.04. The maximum atomic E-state index is 8.70. The van der Waals surface area contributed by atoms with Crippen molar-refractivity contribution in [3.05, 3.63) is 35.2 Å². The number of thiophene rings is 1. The Bertz CT molecular complexity index is 422. The van der Waals surface area contributed by atoms with Crippen LogP contribution in [0.3, 0.4) is 0 Å². The Morgan fingerprint density at radius 1 is 1.45 bits per heavy atom. The van der Waals surface area contributed by atoms with E-state index in [1.807, 2.05) is 11.4 Å². The highest BCUT2D eigenvalue weighted by Gasteiger charge is 1.99. The van der Waals surface area contributed by atoms with E-state index in [0.29, 0.717) is 0 Å². The van der Waals surface area contributed by atoms with Crippen LogP contribution in [-0.2, 0) is 0 Å². The molecule has 2 rings (SSSR count). The van der Waals surface area contributed by atoms with Crippen LogP contribution in [0.2, 0.25) is 0 Å². The number of nitriles is 1. The van der Waals surface area contributed by atoms with E-state index in [2.05, 4.69) is 12.1 Å². The van der Waals surface area contributed by atoms with E-state index < -0.39 is 0 Å². The minimum Gasteiger partial charge on any atom is -0.192 e. The van der Waals surface area contributed by atoms with Gasteiger partial charge in [0.15, 0.2) is 0 Å². The molecule has 0 N–H and O–H groups in total. The Balaban J connectivity index is 2.92. The fourth-order valence-corrected chi connectivity index (χ4v) is 1.84. The van der Waals surface area contributed by atoms with Gasteiger partial charge in [-0.25, -0.2) is 0 Å². The zero-order valence-corrected chi connectivity index (χ0v) is 6.48. The second kappa shape index (κ2) is 2.37. The number of nitrogens with zero attached hydrogens (tertiary/aromatic N) is 1. The third-order valence-corrected chi connectivity index (χ3v) is 2.47. The fraction of sp³-hybridized carbons (Fsp3) is 0. The van der Waals surface area contributed by atoms with Gasteiger partial charge in [0, 0.05) is 5.39 Å². The number of fused-ring (bicyclic) bond motifs is 1. The van der Waals surface area contributed by atoms with Crippen molar-refractivity contribution in [2.24, 2.45) is 0 Å². The molecule has 0 unspecified atom stereocenters. The number of hydrogen-bond acceptors (Lipinski definition) is 2. The molecule has 0 amide bonds. The fourth-order valence-electron chi connectivity index (χ4n) is 1.01. The molecule has 0 saturated carbocycles. The first kappa shape index (κ1) is 6.38. The summed E-state index contributed by atoms with van der Waals surface area (Å²) in [6, 6.07) is 10.8. The largest absolute Gasteiger partial charge is 0.192 e. The van der Waals surface area contributed by atoms with Crippen molar-refractivity contribution >= 4 is 21.4 Å². The quantitative estimate of drug-likeness (QED) is 0.578. The topological polar surface area (TPSA) is 23.8 Å². The summed E-state index contributed by atoms with van der Waals surface area (Å²) in [5.74, 6) is 0. The molecule has 0 aliphatic heterocycles. The van der Waals surface area contributed by atoms with E-state index in [4.69, 9.17) is 5.26 Å². The van der Waals surface area contributed by atoms with Crippen molar-refractivity contribution in [3.63, 3.8) is 0 Å². The van der Waals surface area contributed by atoms with Crippen molar-refractivity contribution in [1.29, 1.82) is 5.26 Å². The smallest absolute Gasteiger partial charge is 0.101 e. The zero-order chi connectivity index (χ0) is 7.68. The molecule has 1 aromatic carbocycles. The van der Waals surface area contributed by atoms with Gasteiger partial charge in [0.05, 0.1) is 10.3 Å². The lowest BCUT2D eigenvalue weighted by Gasteiger charge is -1.88. The lowest BCUT2D eigenvalue weighted by atomic mass is 10.2. The summed E-state index contributed by atoms with van der Waals surface area (Å²) in [7, 11) is 0. The predicted molar refractivity (Wildman–Crippen MR) is 45.4 cm³/mol. The third-order valence-electron chi connectivity index (χ3n) is 1.52. The average Bonchev–Trinajstić information content (AvgIpc) is 2.50. The molecule has 2 heteroatoms. The summed E-state index contributed by atoms with van der Waals surface area (Å²) in [6.07, 6.45) is 0. The van der Waals surface area contributed by atoms with Gasteiger partial charge in [-0.1, -0.05) is 6.07 Å². The van der Waals surface area contributed by atoms with Gasteiger partial charge in [-0.2, -0.15) is 5.26 Å². The van der Waals surface area contributed by atoms with Gasteiger partial charge in [0.2, 0.25) is 0 Å². The number of rotatable bonds is 0. The minimum absolute atomic E-state index is 0.744. The van der Waals surface area contributed by atoms with E-state index in [9.17, 15) is 0 Å². The highest BCUT2D eigenvalue weighted by molar-refractivity contribution is 7.17. The molecule has 0 saturated heterocycles. The van der Waals surface area contributed by atoms with Crippen molar-refractivity contribution < 1.29 is 0 Å². The normalized spacial score (nSPS) is 9.73. The van der Waals surface area contributed by atoms with E-state index in [-0.39, 0.29) is 0 Å². The minimum atomic E-state index is 0.744. The summed E-state index contributed by atoms with van der Waals surface area (Å²) in [5, 5.41) is 11.7. The lowest BCUT2D eigenvalue weighted by Crippen LogP contribution is -1.71. The van der Waals surface area contributed by atoms with E-state index in [1.165, 1.54) is 0 Å². The van der Waals surface area contributed by atoms with Gasteiger partial charge < -0.3 is 0 Å². The van der Waals surface area contributed by atoms with E-state index >= 15 is 0 Å². The molecule has 0 aliphatic rings. The van der Waals surface area contributed by atoms with Gasteiger partial charge in [-0.3, -0.25) is 0 Å². The van der Waals surface area contributed by atoms with Crippen LogP contribution in [-0.4, -0.2) is 0 Å². The van der Waals surface area contributed by atoms with Crippen molar-refractivity contribution in [1.82, 2.24) is 0 Å². The summed E-state index contributed by atoms with van der Waals surface area (Å²) in [4.78, 5) is 0. The Labute approximate surface area is 68.5 Å². The van der Waals surface area contributed by atoms with Gasteiger partial charge >= 0.3 is 0 Å². The summed E-state index contributed by atoms with van der Waals surface area (Å²) in [6.45, 7) is 0. The number of benzene rings is 1. The third kappa shape index (κ3) is 0.903. The molecule has 1 heterocycles. The summed E-state index contributed by atoms with van der Waals surface area (Å²) in [5.41, 5.74) is 0.744. The maximum absolute atomic E-state index is 8.70. The van der Waals surface area contributed by atoms with Crippen molar-refractivity contribution in [3.8, 4) is 6.07 Å². The first-order valence-electron chi connectivity index (χ1n) is 3.20. The van der Waals surface area contributed by atoms with Crippen LogP contribution in [0.1, 0.15) is 5.56 Å². The molecule has 0 bridgehead atoms. The average molecular weight is 158 g/mol. The molecule has 1 nitrogen and oxygen atoms in total. The maximum Gasteiger partial charge on any atom is 0.101 e. The first-order valence-corrected chi connectivity index (χ1v) is 4.08. The van der Waals surface area contributed by atoms with Crippen LogP contribution in [0.15, 0.2) is 23.6 Å². The van der Waals surface area contributed by atoms with Crippen LogP contribution in [0.4, 0.5) is 0 Å². The van der Waals surface area contributed by atoms with E-state index in [1.54, 1.807) is 23.5 Å². The van der Waals surface area contributed by atoms with Crippen molar-refractivity contribution in [2.45, 2.75) is 0 Å².